The number of nitrogens with two attached hydrogens (primary N) is 1. The Morgan fingerprint density at radius 1 is 1.20 bits per heavy atom. The normalized spacial score (nSPS) is 17.4. The molecule has 0 aromatic heterocycles. The SMILES string of the molecule is CC(C)N1CCN(COC(=O)c2ccc(N)cc2)CC1. The summed E-state index contributed by atoms with van der Waals surface area (Å²) in [6, 6.07) is 7.37. The van der Waals surface area contributed by atoms with Gasteiger partial charge in [-0.2, -0.15) is 0 Å². The van der Waals surface area contributed by atoms with Gasteiger partial charge in [-0.15, -0.1) is 0 Å². The van der Waals surface area contributed by atoms with E-state index in [0.29, 0.717) is 24.0 Å². The van der Waals surface area contributed by atoms with Gasteiger partial charge in [-0.05, 0) is 38.1 Å². The number of anilines is 1. The predicted molar refractivity (Wildman–Crippen MR) is 79.4 cm³/mol. The molecule has 1 aliphatic heterocycles. The molecule has 0 bridgehead atoms. The highest BCUT2D eigenvalue weighted by molar-refractivity contribution is 5.89. The van der Waals surface area contributed by atoms with Crippen LogP contribution in [0.4, 0.5) is 5.69 Å². The Kier molecular flexibility index (Phi) is 4.98. The first-order valence-corrected chi connectivity index (χ1v) is 7.05. The quantitative estimate of drug-likeness (QED) is 0.666. The molecule has 1 saturated heterocycles. The standard InChI is InChI=1S/C15H23N3O2/c1-12(2)18-9-7-17(8-10-18)11-20-15(19)13-3-5-14(16)6-4-13/h3-6,12H,7-11,16H2,1-2H3. The lowest BCUT2D eigenvalue weighted by molar-refractivity contribution is 0.00394. The molecule has 0 atom stereocenters. The van der Waals surface area contributed by atoms with Crippen LogP contribution in [0.5, 0.6) is 0 Å². The summed E-state index contributed by atoms with van der Waals surface area (Å²) < 4.78 is 5.33. The Labute approximate surface area is 120 Å². The number of rotatable bonds is 4. The van der Waals surface area contributed by atoms with E-state index in [-0.39, 0.29) is 5.97 Å². The molecule has 0 saturated carbocycles. The maximum absolute atomic E-state index is 11.9. The molecule has 0 amide bonds. The molecular formula is C15H23N3O2. The van der Waals surface area contributed by atoms with Crippen molar-refractivity contribution in [3.8, 4) is 0 Å². The number of piperazine rings is 1. The Bertz CT molecular complexity index is 437. The van der Waals surface area contributed by atoms with Crippen LogP contribution in [0.2, 0.25) is 0 Å². The first kappa shape index (κ1) is 14.8. The second kappa shape index (κ2) is 6.72. The molecule has 2 rings (SSSR count). The summed E-state index contributed by atoms with van der Waals surface area (Å²) in [6.07, 6.45) is 0. The van der Waals surface area contributed by atoms with Crippen molar-refractivity contribution in [2.24, 2.45) is 0 Å². The summed E-state index contributed by atoms with van der Waals surface area (Å²) in [5, 5.41) is 0. The van der Waals surface area contributed by atoms with Gasteiger partial charge in [-0.1, -0.05) is 0 Å². The van der Waals surface area contributed by atoms with Gasteiger partial charge in [0.05, 0.1) is 5.56 Å². The first-order valence-electron chi connectivity index (χ1n) is 7.05. The maximum Gasteiger partial charge on any atom is 0.339 e. The van der Waals surface area contributed by atoms with Crippen LogP contribution in [0, 0.1) is 0 Å². The van der Waals surface area contributed by atoms with Crippen molar-refractivity contribution in [2.45, 2.75) is 19.9 Å². The van der Waals surface area contributed by atoms with Crippen molar-refractivity contribution >= 4 is 11.7 Å². The molecule has 1 aliphatic rings. The van der Waals surface area contributed by atoms with Crippen molar-refractivity contribution in [1.29, 1.82) is 0 Å². The molecule has 20 heavy (non-hydrogen) atoms. The molecule has 0 unspecified atom stereocenters. The predicted octanol–water partition coefficient (Wildman–Crippen LogP) is 1.41. The van der Waals surface area contributed by atoms with Gasteiger partial charge < -0.3 is 10.5 Å². The first-order chi connectivity index (χ1) is 9.56. The van der Waals surface area contributed by atoms with E-state index in [2.05, 4.69) is 23.6 Å². The maximum atomic E-state index is 11.9. The third-order valence-corrected chi connectivity index (χ3v) is 3.66. The molecule has 2 N–H and O–H groups in total. The van der Waals surface area contributed by atoms with E-state index >= 15 is 0 Å². The van der Waals surface area contributed by atoms with Crippen LogP contribution in [0.1, 0.15) is 24.2 Å². The van der Waals surface area contributed by atoms with Crippen LogP contribution in [0.15, 0.2) is 24.3 Å². The Hall–Kier alpha value is -1.59. The summed E-state index contributed by atoms with van der Waals surface area (Å²) in [4.78, 5) is 16.5. The zero-order valence-corrected chi connectivity index (χ0v) is 12.2. The van der Waals surface area contributed by atoms with Crippen LogP contribution in [-0.4, -0.2) is 54.7 Å². The molecule has 0 aliphatic carbocycles. The van der Waals surface area contributed by atoms with Gasteiger partial charge >= 0.3 is 5.97 Å². The number of hydrogen-bond donors (Lipinski definition) is 1. The number of esters is 1. The number of nitrogens with zero attached hydrogens (tertiary/aromatic N) is 2. The molecule has 1 aromatic carbocycles. The van der Waals surface area contributed by atoms with E-state index in [1.54, 1.807) is 24.3 Å². The highest BCUT2D eigenvalue weighted by atomic mass is 16.5. The van der Waals surface area contributed by atoms with Gasteiger partial charge in [0.25, 0.3) is 0 Å². The second-order valence-corrected chi connectivity index (χ2v) is 5.43. The molecule has 1 heterocycles. The Balaban J connectivity index is 1.76. The number of ether oxygens (including phenoxy) is 1. The monoisotopic (exact) mass is 277 g/mol. The number of nitrogen functional groups attached to an aromatic ring is 1. The van der Waals surface area contributed by atoms with Gasteiger partial charge in [0.1, 0.15) is 6.73 Å². The van der Waals surface area contributed by atoms with Gasteiger partial charge in [0, 0.05) is 37.9 Å². The van der Waals surface area contributed by atoms with Gasteiger partial charge in [0.2, 0.25) is 0 Å². The third kappa shape index (κ3) is 3.95. The highest BCUT2D eigenvalue weighted by Gasteiger charge is 2.19. The van der Waals surface area contributed by atoms with E-state index in [0.717, 1.165) is 26.2 Å². The van der Waals surface area contributed by atoms with Crippen molar-refractivity contribution in [2.75, 3.05) is 38.6 Å². The van der Waals surface area contributed by atoms with Crippen LogP contribution >= 0.6 is 0 Å². The zero-order valence-electron chi connectivity index (χ0n) is 12.2. The summed E-state index contributed by atoms with van der Waals surface area (Å²) in [7, 11) is 0. The lowest BCUT2D eigenvalue weighted by atomic mass is 10.2. The van der Waals surface area contributed by atoms with Crippen LogP contribution in [0.3, 0.4) is 0 Å². The molecule has 1 fully saturated rings. The molecular weight excluding hydrogens is 254 g/mol. The van der Waals surface area contributed by atoms with Crippen LogP contribution in [-0.2, 0) is 4.74 Å². The summed E-state index contributed by atoms with van der Waals surface area (Å²) in [5.41, 5.74) is 6.78. The third-order valence-electron chi connectivity index (χ3n) is 3.66. The van der Waals surface area contributed by atoms with E-state index in [9.17, 15) is 4.79 Å². The topological polar surface area (TPSA) is 58.8 Å². The fourth-order valence-electron chi connectivity index (χ4n) is 2.26. The molecule has 110 valence electrons. The minimum Gasteiger partial charge on any atom is -0.446 e. The molecule has 0 radical (unpaired) electrons. The Morgan fingerprint density at radius 3 is 2.35 bits per heavy atom. The average Bonchev–Trinajstić information content (AvgIpc) is 2.46. The fourth-order valence-corrected chi connectivity index (χ4v) is 2.26. The molecule has 5 nitrogen and oxygen atoms in total. The van der Waals surface area contributed by atoms with Crippen LogP contribution < -0.4 is 5.73 Å². The van der Waals surface area contributed by atoms with Crippen LogP contribution in [0.25, 0.3) is 0 Å². The molecule has 5 heteroatoms. The second-order valence-electron chi connectivity index (χ2n) is 5.43. The molecule has 0 spiro atoms. The number of carbonyl (C=O) groups is 1. The number of carbonyl (C=O) groups excluding carboxylic acids is 1. The minimum atomic E-state index is -0.295. The Morgan fingerprint density at radius 2 is 1.80 bits per heavy atom. The largest absolute Gasteiger partial charge is 0.446 e. The molecule has 1 aromatic rings. The average molecular weight is 277 g/mol. The fraction of sp³-hybridized carbons (Fsp3) is 0.533. The van der Waals surface area contributed by atoms with E-state index in [1.807, 2.05) is 0 Å². The summed E-state index contributed by atoms with van der Waals surface area (Å²) >= 11 is 0. The van der Waals surface area contributed by atoms with E-state index < -0.39 is 0 Å². The lowest BCUT2D eigenvalue weighted by Gasteiger charge is -2.36. The van der Waals surface area contributed by atoms with E-state index in [4.69, 9.17) is 10.5 Å². The summed E-state index contributed by atoms with van der Waals surface area (Å²) in [6.45, 7) is 8.69. The van der Waals surface area contributed by atoms with E-state index in [1.165, 1.54) is 0 Å². The van der Waals surface area contributed by atoms with Crippen molar-refractivity contribution in [3.05, 3.63) is 29.8 Å². The summed E-state index contributed by atoms with van der Waals surface area (Å²) in [5.74, 6) is -0.295. The van der Waals surface area contributed by atoms with Crippen molar-refractivity contribution < 1.29 is 9.53 Å². The highest BCUT2D eigenvalue weighted by Crippen LogP contribution is 2.09. The minimum absolute atomic E-state index is 0.295. The number of benzene rings is 1. The lowest BCUT2D eigenvalue weighted by Crippen LogP contribution is -2.49. The van der Waals surface area contributed by atoms with Gasteiger partial charge in [0.15, 0.2) is 0 Å². The van der Waals surface area contributed by atoms with Gasteiger partial charge in [-0.3, -0.25) is 9.80 Å². The van der Waals surface area contributed by atoms with Crippen molar-refractivity contribution in [3.63, 3.8) is 0 Å². The van der Waals surface area contributed by atoms with Gasteiger partial charge in [-0.25, -0.2) is 4.79 Å². The zero-order chi connectivity index (χ0) is 14.5. The number of hydrogen-bond acceptors (Lipinski definition) is 5. The smallest absolute Gasteiger partial charge is 0.339 e. The van der Waals surface area contributed by atoms with Crippen molar-refractivity contribution in [1.82, 2.24) is 9.80 Å².